The van der Waals surface area contributed by atoms with Crippen molar-refractivity contribution in [1.29, 1.82) is 5.26 Å². The summed E-state index contributed by atoms with van der Waals surface area (Å²) >= 11 is 5.88. The van der Waals surface area contributed by atoms with Crippen LogP contribution in [0.1, 0.15) is 16.8 Å². The van der Waals surface area contributed by atoms with Gasteiger partial charge >= 0.3 is 0 Å². The van der Waals surface area contributed by atoms with E-state index in [1.165, 1.54) is 0 Å². The highest BCUT2D eigenvalue weighted by atomic mass is 35.5. The lowest BCUT2D eigenvalue weighted by atomic mass is 10.2. The van der Waals surface area contributed by atoms with Crippen LogP contribution in [-0.2, 0) is 18.0 Å². The van der Waals surface area contributed by atoms with Gasteiger partial charge in [-0.15, -0.1) is 0 Å². The zero-order valence-electron chi connectivity index (χ0n) is 9.64. The Hall–Kier alpha value is -1.89. The molecule has 0 amide bonds. The van der Waals surface area contributed by atoms with Crippen molar-refractivity contribution in [3.8, 4) is 6.07 Å². The van der Waals surface area contributed by atoms with Crippen LogP contribution in [0.3, 0.4) is 0 Å². The molecule has 0 radical (unpaired) electrons. The van der Waals surface area contributed by atoms with Gasteiger partial charge in [0.1, 0.15) is 11.8 Å². The molecular formula is C14H11ClN2O. The predicted octanol–water partition coefficient (Wildman–Crippen LogP) is 3.32. The molecule has 1 aromatic heterocycles. The summed E-state index contributed by atoms with van der Waals surface area (Å²) in [5.74, 6) is 0. The topological polar surface area (TPSA) is 45.9 Å². The number of pyridine rings is 1. The molecule has 0 aliphatic heterocycles. The molecule has 0 fully saturated rings. The van der Waals surface area contributed by atoms with Crippen LogP contribution in [-0.4, -0.2) is 4.98 Å². The van der Waals surface area contributed by atoms with Crippen molar-refractivity contribution >= 4 is 11.6 Å². The largest absolute Gasteiger partial charge is 0.372 e. The molecule has 90 valence electrons. The Morgan fingerprint density at radius 3 is 2.67 bits per heavy atom. The Morgan fingerprint density at radius 1 is 1.17 bits per heavy atom. The third-order valence-corrected chi connectivity index (χ3v) is 2.60. The molecule has 3 nitrogen and oxygen atoms in total. The molecule has 1 heterocycles. The number of aromatic nitrogens is 1. The van der Waals surface area contributed by atoms with Crippen molar-refractivity contribution in [3.05, 3.63) is 64.4 Å². The number of nitriles is 1. The number of ether oxygens (including phenoxy) is 1. The van der Waals surface area contributed by atoms with Crippen LogP contribution in [0, 0.1) is 11.3 Å². The maximum absolute atomic E-state index is 8.73. The standard InChI is InChI=1S/C14H11ClN2O/c15-13-3-1-2-11(6-13)9-18-10-12-4-5-17-14(7-12)8-16/h1-7H,9-10H2. The second kappa shape index (κ2) is 6.15. The summed E-state index contributed by atoms with van der Waals surface area (Å²) in [7, 11) is 0. The van der Waals surface area contributed by atoms with Gasteiger partial charge in [-0.1, -0.05) is 23.7 Å². The minimum absolute atomic E-state index is 0.402. The summed E-state index contributed by atoms with van der Waals surface area (Å²) in [6.07, 6.45) is 1.61. The molecule has 0 saturated carbocycles. The molecule has 0 aliphatic rings. The number of nitrogens with zero attached hydrogens (tertiary/aromatic N) is 2. The molecule has 4 heteroatoms. The summed E-state index contributed by atoms with van der Waals surface area (Å²) in [5, 5.41) is 9.43. The van der Waals surface area contributed by atoms with Crippen molar-refractivity contribution in [2.45, 2.75) is 13.2 Å². The van der Waals surface area contributed by atoms with Crippen molar-refractivity contribution in [3.63, 3.8) is 0 Å². The SMILES string of the molecule is N#Cc1cc(COCc2cccc(Cl)c2)ccn1. The molecule has 0 spiro atoms. The van der Waals surface area contributed by atoms with Gasteiger partial charge in [-0.3, -0.25) is 0 Å². The highest BCUT2D eigenvalue weighted by Crippen LogP contribution is 2.12. The Morgan fingerprint density at radius 2 is 1.94 bits per heavy atom. The van der Waals surface area contributed by atoms with Gasteiger partial charge in [-0.2, -0.15) is 5.26 Å². The average molecular weight is 259 g/mol. The highest BCUT2D eigenvalue weighted by Gasteiger charge is 1.98. The van der Waals surface area contributed by atoms with Crippen LogP contribution in [0.2, 0.25) is 5.02 Å². The Kier molecular flexibility index (Phi) is 4.30. The molecule has 2 rings (SSSR count). The summed E-state index contributed by atoms with van der Waals surface area (Å²) in [6.45, 7) is 0.939. The molecule has 2 aromatic rings. The fraction of sp³-hybridized carbons (Fsp3) is 0.143. The third-order valence-electron chi connectivity index (χ3n) is 2.37. The van der Waals surface area contributed by atoms with Crippen LogP contribution in [0.25, 0.3) is 0 Å². The normalized spacial score (nSPS) is 10.0. The summed E-state index contributed by atoms with van der Waals surface area (Å²) in [6, 6.07) is 13.1. The van der Waals surface area contributed by atoms with E-state index in [2.05, 4.69) is 4.98 Å². The predicted molar refractivity (Wildman–Crippen MR) is 68.9 cm³/mol. The van der Waals surface area contributed by atoms with E-state index in [0.29, 0.717) is 23.9 Å². The lowest BCUT2D eigenvalue weighted by molar-refractivity contribution is 0.107. The van der Waals surface area contributed by atoms with E-state index in [4.69, 9.17) is 21.6 Å². The van der Waals surface area contributed by atoms with E-state index in [9.17, 15) is 0 Å². The van der Waals surface area contributed by atoms with Gasteiger partial charge in [0.2, 0.25) is 0 Å². The first kappa shape index (κ1) is 12.6. The van der Waals surface area contributed by atoms with E-state index in [-0.39, 0.29) is 0 Å². The molecule has 0 N–H and O–H groups in total. The van der Waals surface area contributed by atoms with Crippen LogP contribution in [0.4, 0.5) is 0 Å². The van der Waals surface area contributed by atoms with Gasteiger partial charge in [0, 0.05) is 11.2 Å². The Bertz CT molecular complexity index is 578. The minimum atomic E-state index is 0.402. The molecule has 0 saturated heterocycles. The van der Waals surface area contributed by atoms with E-state index in [1.807, 2.05) is 36.4 Å². The van der Waals surface area contributed by atoms with Crippen LogP contribution in [0.5, 0.6) is 0 Å². The minimum Gasteiger partial charge on any atom is -0.372 e. The van der Waals surface area contributed by atoms with E-state index in [1.54, 1.807) is 12.3 Å². The van der Waals surface area contributed by atoms with Gasteiger partial charge in [0.05, 0.1) is 13.2 Å². The number of halogens is 1. The molecule has 18 heavy (non-hydrogen) atoms. The third kappa shape index (κ3) is 3.56. The first-order chi connectivity index (χ1) is 8.78. The molecular weight excluding hydrogens is 248 g/mol. The first-order valence-corrected chi connectivity index (χ1v) is 5.83. The van der Waals surface area contributed by atoms with E-state index >= 15 is 0 Å². The zero-order valence-corrected chi connectivity index (χ0v) is 10.4. The Balaban J connectivity index is 1.90. The molecule has 0 atom stereocenters. The summed E-state index contributed by atoms with van der Waals surface area (Å²) in [4.78, 5) is 3.90. The summed E-state index contributed by atoms with van der Waals surface area (Å²) < 4.78 is 5.56. The highest BCUT2D eigenvalue weighted by molar-refractivity contribution is 6.30. The van der Waals surface area contributed by atoms with E-state index < -0.39 is 0 Å². The maximum Gasteiger partial charge on any atom is 0.140 e. The van der Waals surface area contributed by atoms with Gasteiger partial charge in [-0.05, 0) is 35.4 Å². The molecule has 0 unspecified atom stereocenters. The van der Waals surface area contributed by atoms with E-state index in [0.717, 1.165) is 11.1 Å². The van der Waals surface area contributed by atoms with Gasteiger partial charge in [0.25, 0.3) is 0 Å². The second-order valence-electron chi connectivity index (χ2n) is 3.78. The first-order valence-electron chi connectivity index (χ1n) is 5.45. The molecule has 1 aromatic carbocycles. The van der Waals surface area contributed by atoms with Gasteiger partial charge in [-0.25, -0.2) is 4.98 Å². The Labute approximate surface area is 111 Å². The average Bonchev–Trinajstić information content (AvgIpc) is 2.39. The van der Waals surface area contributed by atoms with Gasteiger partial charge in [0.15, 0.2) is 0 Å². The lowest BCUT2D eigenvalue weighted by Gasteiger charge is -2.05. The second-order valence-corrected chi connectivity index (χ2v) is 4.22. The van der Waals surface area contributed by atoms with Crippen molar-refractivity contribution < 1.29 is 4.74 Å². The number of rotatable bonds is 4. The van der Waals surface area contributed by atoms with Crippen molar-refractivity contribution in [2.75, 3.05) is 0 Å². The van der Waals surface area contributed by atoms with Crippen LogP contribution >= 0.6 is 11.6 Å². The fourth-order valence-electron chi connectivity index (χ4n) is 1.54. The maximum atomic E-state index is 8.73. The lowest BCUT2D eigenvalue weighted by Crippen LogP contribution is -1.95. The number of hydrogen-bond donors (Lipinski definition) is 0. The zero-order chi connectivity index (χ0) is 12.8. The quantitative estimate of drug-likeness (QED) is 0.845. The van der Waals surface area contributed by atoms with Crippen molar-refractivity contribution in [1.82, 2.24) is 4.98 Å². The van der Waals surface area contributed by atoms with Gasteiger partial charge < -0.3 is 4.74 Å². The van der Waals surface area contributed by atoms with Crippen LogP contribution in [0.15, 0.2) is 42.6 Å². The fourth-order valence-corrected chi connectivity index (χ4v) is 1.75. The summed E-state index contributed by atoms with van der Waals surface area (Å²) in [5.41, 5.74) is 2.36. The molecule has 0 aliphatic carbocycles. The number of hydrogen-bond acceptors (Lipinski definition) is 3. The smallest absolute Gasteiger partial charge is 0.140 e. The number of benzene rings is 1. The van der Waals surface area contributed by atoms with Crippen LogP contribution < -0.4 is 0 Å². The monoisotopic (exact) mass is 258 g/mol. The van der Waals surface area contributed by atoms with Crippen molar-refractivity contribution in [2.24, 2.45) is 0 Å². The molecule has 0 bridgehead atoms.